The van der Waals surface area contributed by atoms with Gasteiger partial charge >= 0.3 is 0 Å². The van der Waals surface area contributed by atoms with Crippen LogP contribution in [0.25, 0.3) is 10.2 Å². The average Bonchev–Trinajstić information content (AvgIpc) is 3.09. The summed E-state index contributed by atoms with van der Waals surface area (Å²) in [6.07, 6.45) is 3.71. The second-order valence-electron chi connectivity index (χ2n) is 7.11. The number of hydrogen-bond acceptors (Lipinski definition) is 5. The molecule has 1 aliphatic rings. The Morgan fingerprint density at radius 2 is 2.04 bits per heavy atom. The molecule has 2 N–H and O–H groups in total. The van der Waals surface area contributed by atoms with Crippen molar-refractivity contribution in [2.45, 2.75) is 45.6 Å². The predicted molar refractivity (Wildman–Crippen MR) is 110 cm³/mol. The lowest BCUT2D eigenvalue weighted by molar-refractivity contribution is -0.127. The highest BCUT2D eigenvalue weighted by molar-refractivity contribution is 7.22. The van der Waals surface area contributed by atoms with Crippen molar-refractivity contribution in [3.05, 3.63) is 24.3 Å². The summed E-state index contributed by atoms with van der Waals surface area (Å²) < 4.78 is 1.07. The number of benzene rings is 1. The minimum atomic E-state index is -0.235. The third-order valence-electron chi connectivity index (χ3n) is 5.18. The van der Waals surface area contributed by atoms with Gasteiger partial charge in [0.25, 0.3) is 0 Å². The van der Waals surface area contributed by atoms with Crippen LogP contribution in [0.1, 0.15) is 39.5 Å². The fourth-order valence-corrected chi connectivity index (χ4v) is 4.25. The summed E-state index contributed by atoms with van der Waals surface area (Å²) in [5.74, 6) is 0.187. The van der Waals surface area contributed by atoms with E-state index in [2.05, 4.69) is 27.4 Å². The maximum Gasteiger partial charge on any atom is 0.243 e. The lowest BCUT2D eigenvalue weighted by Gasteiger charge is -2.34. The van der Waals surface area contributed by atoms with Gasteiger partial charge in [-0.2, -0.15) is 0 Å². The Balaban J connectivity index is 1.49. The summed E-state index contributed by atoms with van der Waals surface area (Å²) in [4.78, 5) is 31.4. The smallest absolute Gasteiger partial charge is 0.243 e. The van der Waals surface area contributed by atoms with Crippen LogP contribution in [0.15, 0.2) is 24.3 Å². The molecule has 0 spiro atoms. The first-order chi connectivity index (χ1) is 13.1. The number of para-hydroxylation sites is 1. The van der Waals surface area contributed by atoms with Crippen molar-refractivity contribution < 1.29 is 9.59 Å². The number of piperidine rings is 1. The molecule has 1 saturated heterocycles. The van der Waals surface area contributed by atoms with Gasteiger partial charge in [0, 0.05) is 12.5 Å². The third kappa shape index (κ3) is 5.05. The first-order valence-electron chi connectivity index (χ1n) is 9.76. The van der Waals surface area contributed by atoms with Gasteiger partial charge < -0.3 is 10.6 Å². The zero-order valence-corrected chi connectivity index (χ0v) is 16.8. The quantitative estimate of drug-likeness (QED) is 0.714. The lowest BCUT2D eigenvalue weighted by atomic mass is 9.95. The minimum Gasteiger partial charge on any atom is -0.356 e. The fourth-order valence-electron chi connectivity index (χ4n) is 3.38. The number of nitrogens with zero attached hydrogens (tertiary/aromatic N) is 2. The van der Waals surface area contributed by atoms with Gasteiger partial charge in [-0.15, -0.1) is 0 Å². The van der Waals surface area contributed by atoms with Crippen LogP contribution in [0, 0.1) is 5.92 Å². The Morgan fingerprint density at radius 1 is 1.30 bits per heavy atom. The second kappa shape index (κ2) is 9.28. The van der Waals surface area contributed by atoms with Crippen molar-refractivity contribution in [2.75, 3.05) is 25.0 Å². The largest absolute Gasteiger partial charge is 0.356 e. The molecule has 0 radical (unpaired) electrons. The van der Waals surface area contributed by atoms with Crippen molar-refractivity contribution >= 4 is 38.5 Å². The molecule has 27 heavy (non-hydrogen) atoms. The topological polar surface area (TPSA) is 74.3 Å². The molecular formula is C20H28N4O2S. The third-order valence-corrected chi connectivity index (χ3v) is 6.13. The van der Waals surface area contributed by atoms with Gasteiger partial charge in [0.15, 0.2) is 5.13 Å². The highest BCUT2D eigenvalue weighted by Gasteiger charge is 2.29. The van der Waals surface area contributed by atoms with E-state index in [-0.39, 0.29) is 23.8 Å². The van der Waals surface area contributed by atoms with Crippen LogP contribution in [0.2, 0.25) is 0 Å². The summed E-state index contributed by atoms with van der Waals surface area (Å²) in [7, 11) is 0. The van der Waals surface area contributed by atoms with Crippen LogP contribution in [-0.2, 0) is 9.59 Å². The van der Waals surface area contributed by atoms with Crippen molar-refractivity contribution in [3.63, 3.8) is 0 Å². The molecule has 0 bridgehead atoms. The molecule has 7 heteroatoms. The van der Waals surface area contributed by atoms with E-state index in [1.165, 1.54) is 11.3 Å². The first-order valence-corrected chi connectivity index (χ1v) is 10.6. The second-order valence-corrected chi connectivity index (χ2v) is 8.14. The zero-order valence-electron chi connectivity index (χ0n) is 16.0. The van der Waals surface area contributed by atoms with Crippen LogP contribution in [0.4, 0.5) is 5.13 Å². The molecule has 2 amide bonds. The van der Waals surface area contributed by atoms with E-state index in [0.717, 1.165) is 55.5 Å². The Morgan fingerprint density at radius 3 is 2.74 bits per heavy atom. The van der Waals surface area contributed by atoms with Crippen molar-refractivity contribution in [1.29, 1.82) is 0 Å². The zero-order chi connectivity index (χ0) is 19.2. The van der Waals surface area contributed by atoms with Gasteiger partial charge in [0.05, 0.1) is 16.3 Å². The standard InChI is InChI=1S/C20H28N4O2S/c1-3-4-11-21-19(26)15-9-12-24(13-10-15)14(2)18(25)23-20-22-16-7-5-6-8-17(16)27-20/h5-8,14-15H,3-4,9-13H2,1-2H3,(H,21,26)(H,22,23,25). The van der Waals surface area contributed by atoms with E-state index in [1.807, 2.05) is 31.2 Å². The predicted octanol–water partition coefficient (Wildman–Crippen LogP) is 3.25. The first kappa shape index (κ1) is 19.8. The molecule has 3 rings (SSSR count). The van der Waals surface area contributed by atoms with Crippen molar-refractivity contribution in [1.82, 2.24) is 15.2 Å². The Labute approximate surface area is 164 Å². The van der Waals surface area contributed by atoms with E-state index in [0.29, 0.717) is 5.13 Å². The van der Waals surface area contributed by atoms with Crippen molar-refractivity contribution in [2.24, 2.45) is 5.92 Å². The molecule has 2 aromatic rings. The molecular weight excluding hydrogens is 360 g/mol. The molecule has 6 nitrogen and oxygen atoms in total. The number of carbonyl (C=O) groups excluding carboxylic acids is 2. The van der Waals surface area contributed by atoms with Gasteiger partial charge in [0.1, 0.15) is 0 Å². The highest BCUT2D eigenvalue weighted by Crippen LogP contribution is 2.26. The number of fused-ring (bicyclic) bond motifs is 1. The molecule has 1 atom stereocenters. The number of hydrogen-bond donors (Lipinski definition) is 2. The molecule has 146 valence electrons. The van der Waals surface area contributed by atoms with Gasteiger partial charge in [-0.25, -0.2) is 4.98 Å². The number of aromatic nitrogens is 1. The molecule has 2 heterocycles. The maximum absolute atomic E-state index is 12.6. The number of carbonyl (C=O) groups is 2. The summed E-state index contributed by atoms with van der Waals surface area (Å²) >= 11 is 1.49. The number of likely N-dealkylation sites (tertiary alicyclic amines) is 1. The number of unbranched alkanes of at least 4 members (excludes halogenated alkanes) is 1. The molecule has 1 fully saturated rings. The van der Waals surface area contributed by atoms with Gasteiger partial charge in [-0.1, -0.05) is 36.8 Å². The van der Waals surface area contributed by atoms with Crippen LogP contribution in [-0.4, -0.2) is 47.4 Å². The number of rotatable bonds is 7. The molecule has 1 aromatic heterocycles. The molecule has 1 aliphatic heterocycles. The number of anilines is 1. The minimum absolute atomic E-state index is 0.0418. The van der Waals surface area contributed by atoms with Crippen LogP contribution < -0.4 is 10.6 Å². The molecule has 0 aliphatic carbocycles. The van der Waals surface area contributed by atoms with Gasteiger partial charge in [0.2, 0.25) is 11.8 Å². The summed E-state index contributed by atoms with van der Waals surface area (Å²) in [6, 6.07) is 7.63. The SMILES string of the molecule is CCCCNC(=O)C1CCN(C(C)C(=O)Nc2nc3ccccc3s2)CC1. The van der Waals surface area contributed by atoms with E-state index in [9.17, 15) is 9.59 Å². The number of thiazole rings is 1. The normalized spacial score (nSPS) is 17.0. The van der Waals surface area contributed by atoms with Crippen LogP contribution in [0.3, 0.4) is 0 Å². The Hall–Kier alpha value is -1.99. The van der Waals surface area contributed by atoms with Crippen LogP contribution in [0.5, 0.6) is 0 Å². The van der Waals surface area contributed by atoms with Crippen LogP contribution >= 0.6 is 11.3 Å². The fraction of sp³-hybridized carbons (Fsp3) is 0.550. The Bertz CT molecular complexity index is 750. The highest BCUT2D eigenvalue weighted by atomic mass is 32.1. The lowest BCUT2D eigenvalue weighted by Crippen LogP contribution is -2.48. The summed E-state index contributed by atoms with van der Waals surface area (Å²) in [5, 5.41) is 6.60. The molecule has 1 aromatic carbocycles. The maximum atomic E-state index is 12.6. The Kier molecular flexibility index (Phi) is 6.79. The van der Waals surface area contributed by atoms with E-state index in [1.54, 1.807) is 0 Å². The summed E-state index contributed by atoms with van der Waals surface area (Å²) in [5.41, 5.74) is 0.903. The molecule has 0 saturated carbocycles. The monoisotopic (exact) mass is 388 g/mol. The number of nitrogens with one attached hydrogen (secondary N) is 2. The summed E-state index contributed by atoms with van der Waals surface area (Å²) in [6.45, 7) is 6.33. The van der Waals surface area contributed by atoms with Gasteiger partial charge in [-0.3, -0.25) is 14.5 Å². The van der Waals surface area contributed by atoms with Crippen molar-refractivity contribution in [3.8, 4) is 0 Å². The molecule has 1 unspecified atom stereocenters. The number of amides is 2. The van der Waals surface area contributed by atoms with E-state index >= 15 is 0 Å². The van der Waals surface area contributed by atoms with E-state index < -0.39 is 0 Å². The van der Waals surface area contributed by atoms with Gasteiger partial charge in [-0.05, 0) is 51.4 Å². The average molecular weight is 389 g/mol. The van der Waals surface area contributed by atoms with E-state index in [4.69, 9.17) is 0 Å².